The third-order valence-electron chi connectivity index (χ3n) is 3.90. The second-order valence-electron chi connectivity index (χ2n) is 5.99. The summed E-state index contributed by atoms with van der Waals surface area (Å²) in [5.41, 5.74) is 0.994. The molecule has 2 aromatic carbocycles. The standard InChI is InChI=1S/C21H21ClN2O3/c22-17-8-4-9-18(14-17)26-13-12-23-20(25)10-5-11-21-24-15-19(27-21)16-6-2-1-3-7-16/h1-4,6-9,14-15H,5,10-13H2,(H,23,25). The number of halogens is 1. The highest BCUT2D eigenvalue weighted by atomic mass is 35.5. The highest BCUT2D eigenvalue weighted by molar-refractivity contribution is 6.30. The number of aryl methyl sites for hydroxylation is 1. The largest absolute Gasteiger partial charge is 0.492 e. The Morgan fingerprint density at radius 2 is 2.00 bits per heavy atom. The number of rotatable bonds is 9. The molecule has 1 aromatic heterocycles. The number of nitrogens with one attached hydrogen (secondary N) is 1. The van der Waals surface area contributed by atoms with E-state index >= 15 is 0 Å². The number of nitrogens with zero attached hydrogens (tertiary/aromatic N) is 1. The van der Waals surface area contributed by atoms with Gasteiger partial charge in [-0.15, -0.1) is 0 Å². The summed E-state index contributed by atoms with van der Waals surface area (Å²) in [7, 11) is 0. The first kappa shape index (κ1) is 19.0. The monoisotopic (exact) mass is 384 g/mol. The Kier molecular flexibility index (Phi) is 6.88. The number of amides is 1. The molecule has 5 nitrogen and oxygen atoms in total. The molecule has 0 aliphatic rings. The fraction of sp³-hybridized carbons (Fsp3) is 0.238. The zero-order valence-corrected chi connectivity index (χ0v) is 15.6. The average Bonchev–Trinajstić information content (AvgIpc) is 3.15. The van der Waals surface area contributed by atoms with Crippen LogP contribution in [0, 0.1) is 0 Å². The van der Waals surface area contributed by atoms with Gasteiger partial charge in [0.25, 0.3) is 0 Å². The average molecular weight is 385 g/mol. The maximum atomic E-state index is 11.9. The van der Waals surface area contributed by atoms with Crippen LogP contribution in [0.25, 0.3) is 11.3 Å². The summed E-state index contributed by atoms with van der Waals surface area (Å²) in [5.74, 6) is 2.06. The van der Waals surface area contributed by atoms with Gasteiger partial charge in [0.2, 0.25) is 5.91 Å². The van der Waals surface area contributed by atoms with Gasteiger partial charge in [-0.25, -0.2) is 4.98 Å². The van der Waals surface area contributed by atoms with Crippen molar-refractivity contribution in [3.63, 3.8) is 0 Å². The summed E-state index contributed by atoms with van der Waals surface area (Å²) in [6, 6.07) is 17.0. The molecular weight excluding hydrogens is 364 g/mol. The number of ether oxygens (including phenoxy) is 1. The molecule has 6 heteroatoms. The van der Waals surface area contributed by atoms with Gasteiger partial charge in [-0.2, -0.15) is 0 Å². The lowest BCUT2D eigenvalue weighted by atomic mass is 10.2. The van der Waals surface area contributed by atoms with Crippen LogP contribution in [0.1, 0.15) is 18.7 Å². The molecule has 0 unspecified atom stereocenters. The Morgan fingerprint density at radius 3 is 2.81 bits per heavy atom. The van der Waals surface area contributed by atoms with Gasteiger partial charge >= 0.3 is 0 Å². The molecule has 3 aromatic rings. The van der Waals surface area contributed by atoms with Crippen molar-refractivity contribution in [3.8, 4) is 17.1 Å². The summed E-state index contributed by atoms with van der Waals surface area (Å²) in [4.78, 5) is 16.2. The van der Waals surface area contributed by atoms with E-state index in [0.29, 0.717) is 49.1 Å². The summed E-state index contributed by atoms with van der Waals surface area (Å²) < 4.78 is 11.3. The number of hydrogen-bond acceptors (Lipinski definition) is 4. The molecule has 0 atom stereocenters. The molecule has 140 valence electrons. The van der Waals surface area contributed by atoms with Crippen LogP contribution in [0.2, 0.25) is 5.02 Å². The third-order valence-corrected chi connectivity index (χ3v) is 4.13. The van der Waals surface area contributed by atoms with E-state index in [0.717, 1.165) is 11.3 Å². The first-order chi connectivity index (χ1) is 13.2. The SMILES string of the molecule is O=C(CCCc1ncc(-c2ccccc2)o1)NCCOc1cccc(Cl)c1. The minimum Gasteiger partial charge on any atom is -0.492 e. The molecule has 1 N–H and O–H groups in total. The molecule has 0 bridgehead atoms. The summed E-state index contributed by atoms with van der Waals surface area (Å²) in [5, 5.41) is 3.46. The number of aromatic nitrogens is 1. The summed E-state index contributed by atoms with van der Waals surface area (Å²) in [6.07, 6.45) is 3.44. The van der Waals surface area contributed by atoms with E-state index < -0.39 is 0 Å². The van der Waals surface area contributed by atoms with Crippen molar-refractivity contribution in [1.29, 1.82) is 0 Å². The van der Waals surface area contributed by atoms with Crippen molar-refractivity contribution in [2.75, 3.05) is 13.2 Å². The first-order valence-corrected chi connectivity index (χ1v) is 9.24. The topological polar surface area (TPSA) is 64.4 Å². The van der Waals surface area contributed by atoms with Crippen molar-refractivity contribution in [1.82, 2.24) is 10.3 Å². The first-order valence-electron chi connectivity index (χ1n) is 8.86. The lowest BCUT2D eigenvalue weighted by molar-refractivity contribution is -0.121. The fourth-order valence-electron chi connectivity index (χ4n) is 2.57. The predicted molar refractivity (Wildman–Crippen MR) is 105 cm³/mol. The summed E-state index contributed by atoms with van der Waals surface area (Å²) >= 11 is 5.89. The zero-order valence-electron chi connectivity index (χ0n) is 14.9. The van der Waals surface area contributed by atoms with Gasteiger partial charge in [0.1, 0.15) is 12.4 Å². The van der Waals surface area contributed by atoms with Crippen LogP contribution in [0.4, 0.5) is 0 Å². The minimum atomic E-state index is -0.0143. The Bertz CT molecular complexity index is 865. The molecule has 27 heavy (non-hydrogen) atoms. The lowest BCUT2D eigenvalue weighted by Gasteiger charge is -2.07. The number of benzene rings is 2. The molecule has 0 fully saturated rings. The Balaban J connectivity index is 1.32. The molecule has 3 rings (SSSR count). The van der Waals surface area contributed by atoms with Crippen molar-refractivity contribution in [2.24, 2.45) is 0 Å². The third kappa shape index (κ3) is 6.15. The van der Waals surface area contributed by atoms with E-state index in [2.05, 4.69) is 10.3 Å². The van der Waals surface area contributed by atoms with E-state index in [-0.39, 0.29) is 5.91 Å². The number of carbonyl (C=O) groups is 1. The highest BCUT2D eigenvalue weighted by Gasteiger charge is 2.07. The molecular formula is C21H21ClN2O3. The molecule has 0 radical (unpaired) electrons. The van der Waals surface area contributed by atoms with Gasteiger partial charge < -0.3 is 14.5 Å². The quantitative estimate of drug-likeness (QED) is 0.551. The van der Waals surface area contributed by atoms with E-state index in [9.17, 15) is 4.79 Å². The molecule has 0 saturated carbocycles. The summed E-state index contributed by atoms with van der Waals surface area (Å²) in [6.45, 7) is 0.842. The van der Waals surface area contributed by atoms with E-state index in [4.69, 9.17) is 20.8 Å². The van der Waals surface area contributed by atoms with Crippen LogP contribution in [0.3, 0.4) is 0 Å². The number of carbonyl (C=O) groups excluding carboxylic acids is 1. The second kappa shape index (κ2) is 9.78. The number of hydrogen-bond donors (Lipinski definition) is 1. The number of oxazole rings is 1. The van der Waals surface area contributed by atoms with Gasteiger partial charge in [0, 0.05) is 23.4 Å². The highest BCUT2D eigenvalue weighted by Crippen LogP contribution is 2.20. The van der Waals surface area contributed by atoms with Crippen LogP contribution >= 0.6 is 11.6 Å². The van der Waals surface area contributed by atoms with Crippen LogP contribution in [-0.2, 0) is 11.2 Å². The van der Waals surface area contributed by atoms with Gasteiger partial charge in [-0.05, 0) is 24.6 Å². The normalized spacial score (nSPS) is 10.6. The minimum absolute atomic E-state index is 0.0143. The van der Waals surface area contributed by atoms with E-state index in [1.54, 1.807) is 18.3 Å². The van der Waals surface area contributed by atoms with Gasteiger partial charge in [0.05, 0.1) is 12.7 Å². The van der Waals surface area contributed by atoms with Crippen LogP contribution in [-0.4, -0.2) is 24.0 Å². The van der Waals surface area contributed by atoms with Crippen LogP contribution in [0.15, 0.2) is 65.2 Å². The van der Waals surface area contributed by atoms with Crippen molar-refractivity contribution in [3.05, 3.63) is 71.7 Å². The van der Waals surface area contributed by atoms with E-state index in [1.165, 1.54) is 0 Å². The smallest absolute Gasteiger partial charge is 0.220 e. The fourth-order valence-corrected chi connectivity index (χ4v) is 2.75. The lowest BCUT2D eigenvalue weighted by Crippen LogP contribution is -2.27. The van der Waals surface area contributed by atoms with Crippen molar-refractivity contribution >= 4 is 17.5 Å². The Morgan fingerprint density at radius 1 is 1.15 bits per heavy atom. The molecule has 0 aliphatic carbocycles. The molecule has 0 aliphatic heterocycles. The molecule has 0 saturated heterocycles. The van der Waals surface area contributed by atoms with Crippen LogP contribution < -0.4 is 10.1 Å². The zero-order chi connectivity index (χ0) is 18.9. The van der Waals surface area contributed by atoms with Gasteiger partial charge in [-0.3, -0.25) is 4.79 Å². The van der Waals surface area contributed by atoms with E-state index in [1.807, 2.05) is 42.5 Å². The molecule has 1 amide bonds. The molecule has 1 heterocycles. The molecule has 0 spiro atoms. The Labute approximate surface area is 163 Å². The Hall–Kier alpha value is -2.79. The van der Waals surface area contributed by atoms with Crippen LogP contribution in [0.5, 0.6) is 5.75 Å². The maximum Gasteiger partial charge on any atom is 0.220 e. The van der Waals surface area contributed by atoms with Crippen molar-refractivity contribution in [2.45, 2.75) is 19.3 Å². The van der Waals surface area contributed by atoms with Crippen molar-refractivity contribution < 1.29 is 13.9 Å². The maximum absolute atomic E-state index is 11.9. The van der Waals surface area contributed by atoms with Gasteiger partial charge in [-0.1, -0.05) is 48.0 Å². The second-order valence-corrected chi connectivity index (χ2v) is 6.43. The van der Waals surface area contributed by atoms with Gasteiger partial charge in [0.15, 0.2) is 11.7 Å². The predicted octanol–water partition coefficient (Wildman–Crippen LogP) is 4.51.